The van der Waals surface area contributed by atoms with E-state index in [0.29, 0.717) is 0 Å². The summed E-state index contributed by atoms with van der Waals surface area (Å²) in [5.41, 5.74) is 7.75. The third kappa shape index (κ3) is 7.48. The molecule has 2 atom stereocenters. The summed E-state index contributed by atoms with van der Waals surface area (Å²) in [6.45, 7) is 0.670. The van der Waals surface area contributed by atoms with Gasteiger partial charge < -0.3 is 15.8 Å². The molecule has 0 aromatic heterocycles. The summed E-state index contributed by atoms with van der Waals surface area (Å²) in [5.74, 6) is -0.498. The Bertz CT molecular complexity index is 709. The van der Waals surface area contributed by atoms with E-state index in [-0.39, 0.29) is 30.6 Å². The number of alkyl halides is 3. The van der Waals surface area contributed by atoms with Gasteiger partial charge in [0.2, 0.25) is 5.91 Å². The maximum atomic E-state index is 12.3. The van der Waals surface area contributed by atoms with Crippen LogP contribution in [0.2, 0.25) is 0 Å². The first-order valence-electron chi connectivity index (χ1n) is 8.13. The average molecular weight is 403 g/mol. The van der Waals surface area contributed by atoms with Crippen LogP contribution in [0.15, 0.2) is 54.6 Å². The quantitative estimate of drug-likeness (QED) is 0.735. The molecular formula is C19H22ClF3N2O2. The lowest BCUT2D eigenvalue weighted by molar-refractivity contribution is -0.153. The maximum Gasteiger partial charge on any atom is 0.422 e. The third-order valence-electron chi connectivity index (χ3n) is 3.93. The Balaban J connectivity index is 0.00000364. The molecule has 2 rings (SSSR count). The Morgan fingerprint density at radius 1 is 1.11 bits per heavy atom. The molecule has 0 saturated heterocycles. The van der Waals surface area contributed by atoms with Gasteiger partial charge in [0.1, 0.15) is 5.75 Å². The number of carbonyl (C=O) groups excluding carboxylic acids is 1. The fourth-order valence-electron chi connectivity index (χ4n) is 2.35. The van der Waals surface area contributed by atoms with Gasteiger partial charge in [-0.3, -0.25) is 4.79 Å². The molecule has 0 fully saturated rings. The lowest BCUT2D eigenvalue weighted by atomic mass is 9.94. The first-order chi connectivity index (χ1) is 12.3. The number of carbonyl (C=O) groups is 1. The van der Waals surface area contributed by atoms with Gasteiger partial charge in [-0.15, -0.1) is 12.4 Å². The Hall–Kier alpha value is -2.25. The summed E-state index contributed by atoms with van der Waals surface area (Å²) >= 11 is 0. The molecular weight excluding hydrogens is 381 g/mol. The normalized spacial score (nSPS) is 13.2. The molecule has 0 spiro atoms. The molecule has 0 bridgehead atoms. The van der Waals surface area contributed by atoms with Crippen molar-refractivity contribution in [1.82, 2.24) is 5.32 Å². The first kappa shape index (κ1) is 22.8. The van der Waals surface area contributed by atoms with E-state index in [0.717, 1.165) is 11.1 Å². The third-order valence-corrected chi connectivity index (χ3v) is 3.93. The number of amides is 1. The number of benzene rings is 2. The molecule has 148 valence electrons. The van der Waals surface area contributed by atoms with Crippen molar-refractivity contribution in [1.29, 1.82) is 0 Å². The summed E-state index contributed by atoms with van der Waals surface area (Å²) in [5, 5.41) is 2.79. The molecule has 2 aromatic carbocycles. The molecule has 0 aliphatic heterocycles. The minimum absolute atomic E-state index is 0. The molecule has 27 heavy (non-hydrogen) atoms. The van der Waals surface area contributed by atoms with Gasteiger partial charge in [0.15, 0.2) is 6.61 Å². The van der Waals surface area contributed by atoms with Crippen molar-refractivity contribution in [3.63, 3.8) is 0 Å². The lowest BCUT2D eigenvalue weighted by Crippen LogP contribution is -2.35. The predicted octanol–water partition coefficient (Wildman–Crippen LogP) is 4.00. The number of nitrogens with two attached hydrogens (primary N) is 1. The monoisotopic (exact) mass is 402 g/mol. The Kier molecular flexibility index (Phi) is 8.59. The average Bonchev–Trinajstić information content (AvgIpc) is 2.64. The van der Waals surface area contributed by atoms with Crippen LogP contribution >= 0.6 is 12.4 Å². The van der Waals surface area contributed by atoms with Gasteiger partial charge in [0.05, 0.1) is 5.92 Å². The van der Waals surface area contributed by atoms with Gasteiger partial charge in [-0.2, -0.15) is 13.2 Å². The van der Waals surface area contributed by atoms with Crippen molar-refractivity contribution in [2.75, 3.05) is 6.61 Å². The maximum absolute atomic E-state index is 12.3. The van der Waals surface area contributed by atoms with E-state index in [1.807, 2.05) is 30.3 Å². The van der Waals surface area contributed by atoms with E-state index in [4.69, 9.17) is 5.73 Å². The summed E-state index contributed by atoms with van der Waals surface area (Å²) in [7, 11) is 0. The molecule has 0 aliphatic rings. The number of rotatable bonds is 7. The van der Waals surface area contributed by atoms with Gasteiger partial charge >= 0.3 is 6.18 Å². The first-order valence-corrected chi connectivity index (χ1v) is 8.13. The highest BCUT2D eigenvalue weighted by molar-refractivity contribution is 5.85. The summed E-state index contributed by atoms with van der Waals surface area (Å²) in [6.07, 6.45) is -4.37. The van der Waals surface area contributed by atoms with Crippen LogP contribution in [-0.2, 0) is 11.3 Å². The highest BCUT2D eigenvalue weighted by Gasteiger charge is 2.28. The second kappa shape index (κ2) is 10.2. The Labute approximate surface area is 162 Å². The van der Waals surface area contributed by atoms with Crippen LogP contribution < -0.4 is 15.8 Å². The van der Waals surface area contributed by atoms with E-state index >= 15 is 0 Å². The van der Waals surface area contributed by atoms with Crippen LogP contribution in [0.25, 0.3) is 0 Å². The Morgan fingerprint density at radius 3 is 2.26 bits per heavy atom. The molecule has 3 N–H and O–H groups in total. The number of hydrogen-bond acceptors (Lipinski definition) is 3. The van der Waals surface area contributed by atoms with Gasteiger partial charge in [0, 0.05) is 12.6 Å². The summed E-state index contributed by atoms with van der Waals surface area (Å²) in [6, 6.07) is 15.0. The smallest absolute Gasteiger partial charge is 0.422 e. The zero-order valence-electron chi connectivity index (χ0n) is 14.7. The molecule has 0 aliphatic carbocycles. The number of ether oxygens (including phenoxy) is 1. The molecule has 0 radical (unpaired) electrons. The topological polar surface area (TPSA) is 64.3 Å². The van der Waals surface area contributed by atoms with E-state index in [1.54, 1.807) is 19.1 Å². The number of nitrogens with one attached hydrogen (secondary N) is 1. The van der Waals surface area contributed by atoms with Crippen LogP contribution in [0.1, 0.15) is 24.1 Å². The van der Waals surface area contributed by atoms with Crippen LogP contribution in [0, 0.1) is 5.92 Å². The van der Waals surface area contributed by atoms with Crippen molar-refractivity contribution >= 4 is 18.3 Å². The fourth-order valence-corrected chi connectivity index (χ4v) is 2.35. The standard InChI is InChI=1S/C19H21F3N2O2.ClH/c1-13(17(23)15-5-3-2-4-6-15)18(25)24-11-14-7-9-16(10-8-14)26-12-19(20,21)22;/h2-10,13,17H,11-12,23H2,1H3,(H,24,25);1H. The second-order valence-electron chi connectivity index (χ2n) is 5.99. The number of hydrogen-bond donors (Lipinski definition) is 2. The van der Waals surface area contributed by atoms with Crippen molar-refractivity contribution in [3.8, 4) is 5.75 Å². The zero-order valence-corrected chi connectivity index (χ0v) is 15.5. The van der Waals surface area contributed by atoms with Crippen LogP contribution in [0.5, 0.6) is 5.75 Å². The van der Waals surface area contributed by atoms with Crippen molar-refractivity contribution < 1.29 is 22.7 Å². The van der Waals surface area contributed by atoms with E-state index in [9.17, 15) is 18.0 Å². The fraction of sp³-hybridized carbons (Fsp3) is 0.316. The van der Waals surface area contributed by atoms with Gasteiger partial charge in [-0.1, -0.05) is 49.4 Å². The van der Waals surface area contributed by atoms with Crippen LogP contribution in [0.4, 0.5) is 13.2 Å². The van der Waals surface area contributed by atoms with E-state index in [1.165, 1.54) is 12.1 Å². The molecule has 0 heterocycles. The van der Waals surface area contributed by atoms with Gasteiger partial charge in [-0.05, 0) is 23.3 Å². The SMILES string of the molecule is CC(C(=O)NCc1ccc(OCC(F)(F)F)cc1)C(N)c1ccccc1.Cl. The van der Waals surface area contributed by atoms with E-state index in [2.05, 4.69) is 10.1 Å². The molecule has 0 saturated carbocycles. The lowest BCUT2D eigenvalue weighted by Gasteiger charge is -2.20. The van der Waals surface area contributed by atoms with Crippen molar-refractivity contribution in [2.45, 2.75) is 25.7 Å². The van der Waals surface area contributed by atoms with Gasteiger partial charge in [0.25, 0.3) is 0 Å². The zero-order chi connectivity index (χ0) is 19.2. The summed E-state index contributed by atoms with van der Waals surface area (Å²) < 4.78 is 41.0. The van der Waals surface area contributed by atoms with Crippen LogP contribution in [-0.4, -0.2) is 18.7 Å². The molecule has 4 nitrogen and oxygen atoms in total. The largest absolute Gasteiger partial charge is 0.484 e. The predicted molar refractivity (Wildman–Crippen MR) is 99.6 cm³/mol. The number of halogens is 4. The van der Waals surface area contributed by atoms with Crippen LogP contribution in [0.3, 0.4) is 0 Å². The van der Waals surface area contributed by atoms with E-state index < -0.39 is 24.7 Å². The van der Waals surface area contributed by atoms with Crippen molar-refractivity contribution in [2.24, 2.45) is 11.7 Å². The minimum Gasteiger partial charge on any atom is -0.484 e. The second-order valence-corrected chi connectivity index (χ2v) is 5.99. The molecule has 8 heteroatoms. The summed E-state index contributed by atoms with van der Waals surface area (Å²) in [4.78, 5) is 12.3. The molecule has 1 amide bonds. The highest BCUT2D eigenvalue weighted by atomic mass is 35.5. The molecule has 2 aromatic rings. The Morgan fingerprint density at radius 2 is 1.70 bits per heavy atom. The molecule has 2 unspecified atom stereocenters. The van der Waals surface area contributed by atoms with Crippen molar-refractivity contribution in [3.05, 3.63) is 65.7 Å². The highest BCUT2D eigenvalue weighted by Crippen LogP contribution is 2.20. The van der Waals surface area contributed by atoms with Gasteiger partial charge in [-0.25, -0.2) is 0 Å². The minimum atomic E-state index is -4.37.